The van der Waals surface area contributed by atoms with Gasteiger partial charge in [-0.1, -0.05) is 0 Å². The number of rotatable bonds is 3. The van der Waals surface area contributed by atoms with Gasteiger partial charge >= 0.3 is 5.51 Å². The number of hydrogen-bond acceptors (Lipinski definition) is 3. The Morgan fingerprint density at radius 2 is 2.05 bits per heavy atom. The molecule has 6 heteroatoms. The minimum absolute atomic E-state index is 0.0894. The Morgan fingerprint density at radius 3 is 2.63 bits per heavy atom. The summed E-state index contributed by atoms with van der Waals surface area (Å²) < 4.78 is 36.9. The zero-order chi connectivity index (χ0) is 13.5. The number of nitrogens with one attached hydrogen (secondary N) is 1. The molecule has 1 spiro atoms. The standard InChI is InChI=1S/C13H15F3N2S/c14-13(15,16)19-11-2-9(5-17-6-11)1-10-3-12(4-10)7-18-8-12/h2,5-6,10,18H,1,3-4,7-8H2. The molecule has 0 atom stereocenters. The lowest BCUT2D eigenvalue weighted by Crippen LogP contribution is -2.60. The van der Waals surface area contributed by atoms with Crippen LogP contribution in [0.4, 0.5) is 13.2 Å². The van der Waals surface area contributed by atoms with Crippen LogP contribution < -0.4 is 5.32 Å². The minimum atomic E-state index is -4.24. The smallest absolute Gasteiger partial charge is 0.316 e. The predicted octanol–water partition coefficient (Wildman–Crippen LogP) is 3.24. The minimum Gasteiger partial charge on any atom is -0.316 e. The summed E-state index contributed by atoms with van der Waals surface area (Å²) in [5.41, 5.74) is -2.81. The first-order valence-electron chi connectivity index (χ1n) is 6.35. The molecule has 1 N–H and O–H groups in total. The highest BCUT2D eigenvalue weighted by Gasteiger charge is 2.47. The maximum Gasteiger partial charge on any atom is 0.446 e. The summed E-state index contributed by atoms with van der Waals surface area (Å²) in [5.74, 6) is 0.607. The van der Waals surface area contributed by atoms with Gasteiger partial charge in [-0.25, -0.2) is 0 Å². The third kappa shape index (κ3) is 3.05. The Labute approximate surface area is 114 Å². The van der Waals surface area contributed by atoms with Crippen molar-refractivity contribution in [1.82, 2.24) is 10.3 Å². The molecule has 1 aliphatic heterocycles. The van der Waals surface area contributed by atoms with Gasteiger partial charge in [-0.05, 0) is 54.0 Å². The van der Waals surface area contributed by atoms with Crippen molar-refractivity contribution in [2.75, 3.05) is 13.1 Å². The Hall–Kier alpha value is -0.750. The van der Waals surface area contributed by atoms with Crippen LogP contribution in [0.2, 0.25) is 0 Å². The second-order valence-corrected chi connectivity index (χ2v) is 6.80. The highest BCUT2D eigenvalue weighted by molar-refractivity contribution is 8.00. The Morgan fingerprint density at radius 1 is 1.32 bits per heavy atom. The molecular formula is C13H15F3N2S. The molecule has 3 rings (SSSR count). The van der Waals surface area contributed by atoms with Gasteiger partial charge in [0.1, 0.15) is 0 Å². The fourth-order valence-electron chi connectivity index (χ4n) is 3.17. The van der Waals surface area contributed by atoms with E-state index in [4.69, 9.17) is 0 Å². The molecule has 1 aromatic heterocycles. The second kappa shape index (κ2) is 4.66. The first-order chi connectivity index (χ1) is 8.94. The average Bonchev–Trinajstić information content (AvgIpc) is 2.18. The van der Waals surface area contributed by atoms with Crippen molar-refractivity contribution in [1.29, 1.82) is 0 Å². The lowest BCUT2D eigenvalue weighted by Gasteiger charge is -2.54. The van der Waals surface area contributed by atoms with Gasteiger partial charge < -0.3 is 5.32 Å². The van der Waals surface area contributed by atoms with Crippen LogP contribution in [-0.4, -0.2) is 23.6 Å². The van der Waals surface area contributed by atoms with E-state index in [1.165, 1.54) is 19.0 Å². The summed E-state index contributed by atoms with van der Waals surface area (Å²) >= 11 is -0.0894. The highest BCUT2D eigenvalue weighted by atomic mass is 32.2. The lowest BCUT2D eigenvalue weighted by molar-refractivity contribution is -0.0328. The molecule has 104 valence electrons. The van der Waals surface area contributed by atoms with Gasteiger partial charge in [-0.15, -0.1) is 0 Å². The van der Waals surface area contributed by atoms with Gasteiger partial charge in [0.25, 0.3) is 0 Å². The number of pyridine rings is 1. The SMILES string of the molecule is FC(F)(F)Sc1cncc(CC2CC3(CNC3)C2)c1. The summed E-state index contributed by atoms with van der Waals surface area (Å²) in [7, 11) is 0. The molecule has 2 aliphatic rings. The number of halogens is 3. The molecule has 0 amide bonds. The van der Waals surface area contributed by atoms with Crippen molar-refractivity contribution in [3.63, 3.8) is 0 Å². The Balaban J connectivity index is 1.58. The molecule has 1 aliphatic carbocycles. The van der Waals surface area contributed by atoms with Crippen molar-refractivity contribution < 1.29 is 13.2 Å². The van der Waals surface area contributed by atoms with Crippen molar-refractivity contribution in [2.24, 2.45) is 11.3 Å². The van der Waals surface area contributed by atoms with E-state index in [-0.39, 0.29) is 16.7 Å². The summed E-state index contributed by atoms with van der Waals surface area (Å²) in [6.45, 7) is 2.21. The van der Waals surface area contributed by atoms with Crippen LogP contribution in [0.5, 0.6) is 0 Å². The zero-order valence-corrected chi connectivity index (χ0v) is 11.2. The molecule has 1 aromatic rings. The first kappa shape index (κ1) is 13.2. The van der Waals surface area contributed by atoms with E-state index < -0.39 is 5.51 Å². The number of hydrogen-bond donors (Lipinski definition) is 1. The molecule has 2 heterocycles. The zero-order valence-electron chi connectivity index (χ0n) is 10.3. The van der Waals surface area contributed by atoms with E-state index in [1.807, 2.05) is 0 Å². The van der Waals surface area contributed by atoms with Crippen molar-refractivity contribution in [3.8, 4) is 0 Å². The fraction of sp³-hybridized carbons (Fsp3) is 0.615. The second-order valence-electron chi connectivity index (χ2n) is 5.66. The van der Waals surface area contributed by atoms with E-state index in [0.29, 0.717) is 11.3 Å². The van der Waals surface area contributed by atoms with Gasteiger partial charge in [0, 0.05) is 30.4 Å². The molecule has 0 radical (unpaired) electrons. The van der Waals surface area contributed by atoms with E-state index in [0.717, 1.165) is 25.1 Å². The van der Waals surface area contributed by atoms with Crippen molar-refractivity contribution in [2.45, 2.75) is 29.7 Å². The van der Waals surface area contributed by atoms with Crippen LogP contribution in [-0.2, 0) is 6.42 Å². The van der Waals surface area contributed by atoms with Gasteiger partial charge in [0.15, 0.2) is 0 Å². The largest absolute Gasteiger partial charge is 0.446 e. The third-order valence-electron chi connectivity index (χ3n) is 3.97. The van der Waals surface area contributed by atoms with Crippen molar-refractivity contribution in [3.05, 3.63) is 24.0 Å². The van der Waals surface area contributed by atoms with Crippen LogP contribution >= 0.6 is 11.8 Å². The first-order valence-corrected chi connectivity index (χ1v) is 7.16. The highest BCUT2D eigenvalue weighted by Crippen LogP contribution is 2.49. The Kier molecular flexibility index (Phi) is 3.25. The van der Waals surface area contributed by atoms with Crippen LogP contribution in [0, 0.1) is 11.3 Å². The third-order valence-corrected chi connectivity index (χ3v) is 4.66. The fourth-order valence-corrected chi connectivity index (χ4v) is 3.77. The van der Waals surface area contributed by atoms with Crippen molar-refractivity contribution >= 4 is 11.8 Å². The molecule has 0 aromatic carbocycles. The number of alkyl halides is 3. The normalized spacial score (nSPS) is 22.1. The topological polar surface area (TPSA) is 24.9 Å². The van der Waals surface area contributed by atoms with Gasteiger partial charge in [0.05, 0.1) is 0 Å². The maximum absolute atomic E-state index is 12.3. The maximum atomic E-state index is 12.3. The van der Waals surface area contributed by atoms with Crippen LogP contribution in [0.1, 0.15) is 18.4 Å². The quantitative estimate of drug-likeness (QED) is 0.864. The molecular weight excluding hydrogens is 273 g/mol. The van der Waals surface area contributed by atoms with Gasteiger partial charge in [0.2, 0.25) is 0 Å². The predicted molar refractivity (Wildman–Crippen MR) is 67.9 cm³/mol. The molecule has 1 saturated heterocycles. The van der Waals surface area contributed by atoms with Gasteiger partial charge in [-0.3, -0.25) is 4.98 Å². The Bertz CT molecular complexity index is 463. The number of aromatic nitrogens is 1. The summed E-state index contributed by atoms with van der Waals surface area (Å²) in [6.07, 6.45) is 6.19. The number of nitrogens with zero attached hydrogens (tertiary/aromatic N) is 1. The molecule has 0 bridgehead atoms. The summed E-state index contributed by atoms with van der Waals surface area (Å²) in [5, 5.41) is 3.28. The molecule has 0 unspecified atom stereocenters. The van der Waals surface area contributed by atoms with Crippen LogP contribution in [0.3, 0.4) is 0 Å². The van der Waals surface area contributed by atoms with Gasteiger partial charge in [-0.2, -0.15) is 13.2 Å². The summed E-state index contributed by atoms with van der Waals surface area (Å²) in [6, 6.07) is 1.62. The molecule has 2 nitrogen and oxygen atoms in total. The van der Waals surface area contributed by atoms with E-state index in [9.17, 15) is 13.2 Å². The lowest BCUT2D eigenvalue weighted by atomic mass is 9.57. The van der Waals surface area contributed by atoms with Crippen LogP contribution in [0.15, 0.2) is 23.4 Å². The van der Waals surface area contributed by atoms with E-state index in [2.05, 4.69) is 10.3 Å². The monoisotopic (exact) mass is 288 g/mol. The van der Waals surface area contributed by atoms with E-state index >= 15 is 0 Å². The number of thioether (sulfide) groups is 1. The van der Waals surface area contributed by atoms with Crippen LogP contribution in [0.25, 0.3) is 0 Å². The molecule has 1 saturated carbocycles. The summed E-state index contributed by atoms with van der Waals surface area (Å²) in [4.78, 5) is 4.10. The average molecular weight is 288 g/mol. The molecule has 19 heavy (non-hydrogen) atoms. The molecule has 2 fully saturated rings. The van der Waals surface area contributed by atoms with E-state index in [1.54, 1.807) is 12.3 Å².